The topological polar surface area (TPSA) is 55.4 Å². The summed E-state index contributed by atoms with van der Waals surface area (Å²) in [5.74, 6) is 0. The van der Waals surface area contributed by atoms with Crippen molar-refractivity contribution >= 4 is 46.6 Å². The molecule has 5 nitrogen and oxygen atoms in total. The third-order valence-corrected chi connectivity index (χ3v) is 7.67. The third-order valence-electron chi connectivity index (χ3n) is 6.16. The summed E-state index contributed by atoms with van der Waals surface area (Å²) in [6.45, 7) is 0.590. The lowest BCUT2D eigenvalue weighted by Crippen LogP contribution is -2.62. The summed E-state index contributed by atoms with van der Waals surface area (Å²) in [6.07, 6.45) is 4.58. The van der Waals surface area contributed by atoms with Crippen molar-refractivity contribution in [3.63, 3.8) is 0 Å². The van der Waals surface area contributed by atoms with Crippen LogP contribution in [0.1, 0.15) is 22.3 Å². The smallest absolute Gasteiger partial charge is 0.134 e. The first-order valence-electron chi connectivity index (χ1n) is 10.2. The summed E-state index contributed by atoms with van der Waals surface area (Å²) in [5.41, 5.74) is 3.16. The average molecular weight is 512 g/mol. The molecule has 4 rings (SSSR count). The molecule has 2 atom stereocenters. The third kappa shape index (κ3) is 3.86. The standard InChI is InChI=1S/C23H25Cl3N4OS/c1-29(2)23(18-11-27-28-22(18)32-3,21-19(25)9-16(24)10-20(21)26)30-12-15-7-5-4-6-14(15)8-17(30)13-31/h4-7,9-11,17,31H,8,12-13H2,1-3H3,(H,27,28). The number of nitrogens with one attached hydrogen (secondary N) is 1. The van der Waals surface area contributed by atoms with Crippen molar-refractivity contribution in [3.05, 3.63) is 79.9 Å². The average Bonchev–Trinajstić information content (AvgIpc) is 3.24. The quantitative estimate of drug-likeness (QED) is 0.441. The molecule has 170 valence electrons. The maximum Gasteiger partial charge on any atom is 0.134 e. The number of halogens is 3. The van der Waals surface area contributed by atoms with Crippen LogP contribution in [0, 0.1) is 0 Å². The maximum absolute atomic E-state index is 10.5. The van der Waals surface area contributed by atoms with Gasteiger partial charge in [-0.05, 0) is 50.0 Å². The van der Waals surface area contributed by atoms with Crippen molar-refractivity contribution in [3.8, 4) is 0 Å². The molecule has 1 aliphatic rings. The second kappa shape index (κ2) is 9.55. The van der Waals surface area contributed by atoms with E-state index in [0.29, 0.717) is 33.6 Å². The molecule has 2 N–H and O–H groups in total. The van der Waals surface area contributed by atoms with Crippen molar-refractivity contribution in [2.24, 2.45) is 0 Å². The second-order valence-electron chi connectivity index (χ2n) is 8.06. The Morgan fingerprint density at radius 1 is 1.19 bits per heavy atom. The van der Waals surface area contributed by atoms with Gasteiger partial charge in [-0.25, -0.2) is 0 Å². The number of thioether (sulfide) groups is 1. The molecule has 1 aromatic heterocycles. The van der Waals surface area contributed by atoms with E-state index in [-0.39, 0.29) is 12.6 Å². The molecular formula is C23H25Cl3N4OS. The first-order valence-corrected chi connectivity index (χ1v) is 12.6. The van der Waals surface area contributed by atoms with Gasteiger partial charge in [-0.3, -0.25) is 14.9 Å². The van der Waals surface area contributed by atoms with E-state index >= 15 is 0 Å². The number of hydrogen-bond donors (Lipinski definition) is 2. The molecule has 2 heterocycles. The van der Waals surface area contributed by atoms with Crippen LogP contribution >= 0.6 is 46.6 Å². The van der Waals surface area contributed by atoms with Gasteiger partial charge in [0.15, 0.2) is 0 Å². The van der Waals surface area contributed by atoms with Gasteiger partial charge < -0.3 is 5.11 Å². The molecule has 0 saturated heterocycles. The number of benzene rings is 2. The minimum atomic E-state index is -0.912. The van der Waals surface area contributed by atoms with E-state index in [0.717, 1.165) is 10.6 Å². The number of aliphatic hydroxyl groups is 1. The van der Waals surface area contributed by atoms with Crippen molar-refractivity contribution in [1.82, 2.24) is 20.0 Å². The molecule has 0 aliphatic carbocycles. The SMILES string of the molecule is CSc1n[nH]cc1C(c1c(Cl)cc(Cl)cc1Cl)(N(C)C)N1Cc2ccccc2CC1CO. The fraction of sp³-hybridized carbons (Fsp3) is 0.348. The molecule has 1 aliphatic heterocycles. The van der Waals surface area contributed by atoms with Crippen molar-refractivity contribution in [2.45, 2.75) is 29.7 Å². The highest BCUT2D eigenvalue weighted by atomic mass is 35.5. The molecule has 9 heteroatoms. The minimum absolute atomic E-state index is 0.0147. The van der Waals surface area contributed by atoms with Gasteiger partial charge in [0.2, 0.25) is 0 Å². The highest BCUT2D eigenvalue weighted by Crippen LogP contribution is 2.50. The van der Waals surface area contributed by atoms with Crippen LogP contribution in [0.25, 0.3) is 0 Å². The molecule has 0 saturated carbocycles. The Kier molecular flexibility index (Phi) is 7.13. The largest absolute Gasteiger partial charge is 0.395 e. The molecule has 2 unspecified atom stereocenters. The van der Waals surface area contributed by atoms with Crippen molar-refractivity contribution in [1.29, 1.82) is 0 Å². The van der Waals surface area contributed by atoms with Crippen LogP contribution in [0.4, 0.5) is 0 Å². The van der Waals surface area contributed by atoms with Crippen LogP contribution in [-0.4, -0.2) is 58.1 Å². The second-order valence-corrected chi connectivity index (χ2v) is 10.1. The van der Waals surface area contributed by atoms with Crippen molar-refractivity contribution < 1.29 is 5.11 Å². The summed E-state index contributed by atoms with van der Waals surface area (Å²) < 4.78 is 0. The Morgan fingerprint density at radius 3 is 2.44 bits per heavy atom. The van der Waals surface area contributed by atoms with Gasteiger partial charge in [-0.15, -0.1) is 11.8 Å². The van der Waals surface area contributed by atoms with Crippen LogP contribution < -0.4 is 0 Å². The van der Waals surface area contributed by atoms with Crippen molar-refractivity contribution in [2.75, 3.05) is 27.0 Å². The zero-order chi connectivity index (χ0) is 23.0. The van der Waals surface area contributed by atoms with Gasteiger partial charge >= 0.3 is 0 Å². The monoisotopic (exact) mass is 510 g/mol. The van der Waals surface area contributed by atoms with Gasteiger partial charge in [0.1, 0.15) is 10.7 Å². The van der Waals surface area contributed by atoms with Crippen LogP contribution in [0.2, 0.25) is 15.1 Å². The number of hydrogen-bond acceptors (Lipinski definition) is 5. The number of rotatable bonds is 6. The van der Waals surface area contributed by atoms with Gasteiger partial charge in [0.05, 0.1) is 16.7 Å². The normalized spacial score (nSPS) is 18.6. The van der Waals surface area contributed by atoms with Crippen LogP contribution in [0.3, 0.4) is 0 Å². The predicted octanol–water partition coefficient (Wildman–Crippen LogP) is 5.27. The summed E-state index contributed by atoms with van der Waals surface area (Å²) in [7, 11) is 3.99. The Morgan fingerprint density at radius 2 is 1.84 bits per heavy atom. The molecule has 2 aromatic carbocycles. The number of aliphatic hydroxyl groups excluding tert-OH is 1. The van der Waals surface area contributed by atoms with E-state index in [1.165, 1.54) is 11.1 Å². The van der Waals surface area contributed by atoms with E-state index in [1.807, 2.05) is 38.7 Å². The number of fused-ring (bicyclic) bond motifs is 1. The lowest BCUT2D eigenvalue weighted by atomic mass is 9.84. The number of aromatic nitrogens is 2. The Bertz CT molecular complexity index is 1100. The molecule has 32 heavy (non-hydrogen) atoms. The fourth-order valence-electron chi connectivity index (χ4n) is 4.84. The molecule has 0 radical (unpaired) electrons. The lowest BCUT2D eigenvalue weighted by molar-refractivity contribution is -0.0607. The van der Waals surface area contributed by atoms with E-state index < -0.39 is 5.66 Å². The Labute approximate surface area is 207 Å². The molecule has 0 fully saturated rings. The Balaban J connectivity index is 2.07. The fourth-order valence-corrected chi connectivity index (χ4v) is 6.49. The van der Waals surface area contributed by atoms with E-state index in [9.17, 15) is 5.11 Å². The molecule has 0 bridgehead atoms. The van der Waals surface area contributed by atoms with E-state index in [4.69, 9.17) is 34.8 Å². The molecule has 0 amide bonds. The first-order chi connectivity index (χ1) is 15.3. The summed E-state index contributed by atoms with van der Waals surface area (Å²) in [6, 6.07) is 11.6. The van der Waals surface area contributed by atoms with E-state index in [2.05, 4.69) is 32.1 Å². The molecular weight excluding hydrogens is 487 g/mol. The van der Waals surface area contributed by atoms with E-state index in [1.54, 1.807) is 23.9 Å². The zero-order valence-electron chi connectivity index (χ0n) is 18.1. The first kappa shape index (κ1) is 23.9. The summed E-state index contributed by atoms with van der Waals surface area (Å²) in [5, 5.41) is 20.2. The number of aromatic amines is 1. The highest BCUT2D eigenvalue weighted by molar-refractivity contribution is 7.98. The number of nitrogens with zero attached hydrogens (tertiary/aromatic N) is 3. The van der Waals surface area contributed by atoms with Gasteiger partial charge in [0, 0.05) is 34.9 Å². The molecule has 0 spiro atoms. The van der Waals surface area contributed by atoms with Gasteiger partial charge in [-0.2, -0.15) is 5.10 Å². The lowest BCUT2D eigenvalue weighted by Gasteiger charge is -2.53. The highest BCUT2D eigenvalue weighted by Gasteiger charge is 2.51. The van der Waals surface area contributed by atoms with Crippen LogP contribution in [0.5, 0.6) is 0 Å². The summed E-state index contributed by atoms with van der Waals surface area (Å²) in [4.78, 5) is 4.37. The minimum Gasteiger partial charge on any atom is -0.395 e. The van der Waals surface area contributed by atoms with Crippen LogP contribution in [0.15, 0.2) is 47.6 Å². The van der Waals surface area contributed by atoms with Gasteiger partial charge in [-0.1, -0.05) is 59.1 Å². The predicted molar refractivity (Wildman–Crippen MR) is 133 cm³/mol. The summed E-state index contributed by atoms with van der Waals surface area (Å²) >= 11 is 21.6. The maximum atomic E-state index is 10.5. The zero-order valence-corrected chi connectivity index (χ0v) is 21.2. The Hall–Kier alpha value is -1.25. The van der Waals surface area contributed by atoms with Gasteiger partial charge in [0.25, 0.3) is 0 Å². The van der Waals surface area contributed by atoms with Crippen LogP contribution in [-0.2, 0) is 18.6 Å². The number of H-pyrrole nitrogens is 1. The molecule has 3 aromatic rings.